The molecule has 1 aromatic carbocycles. The van der Waals surface area contributed by atoms with E-state index in [1.54, 1.807) is 41.4 Å². The second-order valence-electron chi connectivity index (χ2n) is 5.59. The van der Waals surface area contributed by atoms with Crippen molar-refractivity contribution in [2.75, 3.05) is 6.26 Å². The molecule has 0 bridgehead atoms. The molecule has 0 unspecified atom stereocenters. The van der Waals surface area contributed by atoms with Gasteiger partial charge in [0.15, 0.2) is 5.76 Å². The van der Waals surface area contributed by atoms with E-state index < -0.39 is 0 Å². The third-order valence-electron chi connectivity index (χ3n) is 3.70. The van der Waals surface area contributed by atoms with E-state index in [0.29, 0.717) is 39.0 Å². The lowest BCUT2D eigenvalue weighted by atomic mass is 10.3. The molecule has 28 heavy (non-hydrogen) atoms. The summed E-state index contributed by atoms with van der Waals surface area (Å²) < 4.78 is 18.4. The lowest BCUT2D eigenvalue weighted by molar-refractivity contribution is 0.270. The molecule has 4 aromatic rings. The molecule has 0 saturated heterocycles. The molecule has 0 spiro atoms. The first-order chi connectivity index (χ1) is 13.7. The van der Waals surface area contributed by atoms with E-state index in [0.717, 1.165) is 0 Å². The predicted octanol–water partition coefficient (Wildman–Crippen LogP) is 4.97. The summed E-state index contributed by atoms with van der Waals surface area (Å²) in [7, 11) is 0. The number of hydrogen-bond acceptors (Lipinski definition) is 7. The first kappa shape index (κ1) is 18.4. The molecule has 142 valence electrons. The lowest BCUT2D eigenvalue weighted by Gasteiger charge is -2.03. The number of ether oxygens (including phenoxy) is 1. The van der Waals surface area contributed by atoms with Crippen molar-refractivity contribution in [2.24, 2.45) is 5.10 Å². The quantitative estimate of drug-likeness (QED) is 0.314. The van der Waals surface area contributed by atoms with Crippen molar-refractivity contribution in [1.82, 2.24) is 14.9 Å². The van der Waals surface area contributed by atoms with Crippen LogP contribution < -0.4 is 4.74 Å². The Morgan fingerprint density at radius 2 is 2.14 bits per heavy atom. The van der Waals surface area contributed by atoms with Gasteiger partial charge >= 0.3 is 0 Å². The van der Waals surface area contributed by atoms with Crippen molar-refractivity contribution in [1.29, 1.82) is 0 Å². The largest absolute Gasteiger partial charge is 0.486 e. The zero-order valence-corrected chi connectivity index (χ0v) is 16.4. The summed E-state index contributed by atoms with van der Waals surface area (Å²) in [5.74, 6) is 3.02. The van der Waals surface area contributed by atoms with Gasteiger partial charge in [0.1, 0.15) is 23.9 Å². The molecule has 0 aliphatic rings. The standard InChI is InChI=1S/C19H15ClN4O3S/c1-28-19-23-22-18(17-6-3-9-25-17)24(19)21-11-15-7-8-16(27-15)12-26-14-5-2-4-13(20)10-14/h2-11H,12H2,1H3/b21-11-. The molecule has 0 fully saturated rings. The van der Waals surface area contributed by atoms with E-state index in [2.05, 4.69) is 15.3 Å². The first-order valence-electron chi connectivity index (χ1n) is 8.27. The fourth-order valence-electron chi connectivity index (χ4n) is 2.42. The van der Waals surface area contributed by atoms with E-state index in [9.17, 15) is 0 Å². The SMILES string of the molecule is CSc1nnc(-c2ccco2)n1/N=C\c1ccc(COc2cccc(Cl)c2)o1. The van der Waals surface area contributed by atoms with Gasteiger partial charge in [0.25, 0.3) is 0 Å². The van der Waals surface area contributed by atoms with Gasteiger partial charge in [-0.15, -0.1) is 10.2 Å². The van der Waals surface area contributed by atoms with Gasteiger partial charge in [-0.25, -0.2) is 0 Å². The highest BCUT2D eigenvalue weighted by Gasteiger charge is 2.15. The average Bonchev–Trinajstić information content (AvgIpc) is 3.44. The second kappa shape index (κ2) is 8.37. The molecule has 4 rings (SSSR count). The van der Waals surface area contributed by atoms with Gasteiger partial charge in [-0.3, -0.25) is 0 Å². The maximum atomic E-state index is 5.95. The van der Waals surface area contributed by atoms with Crippen molar-refractivity contribution >= 4 is 29.6 Å². The summed E-state index contributed by atoms with van der Waals surface area (Å²) >= 11 is 7.39. The van der Waals surface area contributed by atoms with Crippen LogP contribution in [-0.2, 0) is 6.61 Å². The van der Waals surface area contributed by atoms with Gasteiger partial charge in [0.05, 0.1) is 12.5 Å². The van der Waals surface area contributed by atoms with Crippen LogP contribution in [0.4, 0.5) is 0 Å². The maximum absolute atomic E-state index is 5.95. The van der Waals surface area contributed by atoms with Gasteiger partial charge in [0, 0.05) is 5.02 Å². The number of rotatable bonds is 7. The van der Waals surface area contributed by atoms with Gasteiger partial charge in [-0.2, -0.15) is 9.78 Å². The molecule has 0 saturated carbocycles. The molecule has 0 radical (unpaired) electrons. The molecule has 7 nitrogen and oxygen atoms in total. The average molecular weight is 415 g/mol. The number of aromatic nitrogens is 3. The van der Waals surface area contributed by atoms with Gasteiger partial charge in [-0.1, -0.05) is 29.4 Å². The summed E-state index contributed by atoms with van der Waals surface area (Å²) in [4.78, 5) is 0. The Morgan fingerprint density at radius 3 is 2.93 bits per heavy atom. The number of thioether (sulfide) groups is 1. The number of benzene rings is 1. The van der Waals surface area contributed by atoms with Crippen LogP contribution in [0.3, 0.4) is 0 Å². The van der Waals surface area contributed by atoms with Crippen molar-refractivity contribution < 1.29 is 13.6 Å². The predicted molar refractivity (Wildman–Crippen MR) is 107 cm³/mol. The van der Waals surface area contributed by atoms with Crippen LogP contribution >= 0.6 is 23.4 Å². The monoisotopic (exact) mass is 414 g/mol. The fourth-order valence-corrected chi connectivity index (χ4v) is 3.03. The highest BCUT2D eigenvalue weighted by atomic mass is 35.5. The summed E-state index contributed by atoms with van der Waals surface area (Å²) in [5, 5.41) is 14.0. The Balaban J connectivity index is 1.48. The van der Waals surface area contributed by atoms with Crippen molar-refractivity contribution in [3.05, 3.63) is 71.3 Å². The Labute approximate surface area is 170 Å². The number of nitrogens with zero attached hydrogens (tertiary/aromatic N) is 4. The molecule has 0 amide bonds. The van der Waals surface area contributed by atoms with Crippen molar-refractivity contribution in [2.45, 2.75) is 11.8 Å². The third-order valence-corrected chi connectivity index (χ3v) is 4.55. The third kappa shape index (κ3) is 4.13. The van der Waals surface area contributed by atoms with E-state index in [1.165, 1.54) is 11.8 Å². The molecule has 0 aliphatic heterocycles. The van der Waals surface area contributed by atoms with Crippen molar-refractivity contribution in [3.8, 4) is 17.3 Å². The minimum absolute atomic E-state index is 0.286. The van der Waals surface area contributed by atoms with E-state index in [1.807, 2.05) is 30.5 Å². The number of furan rings is 2. The Kier molecular flexibility index (Phi) is 5.50. The highest BCUT2D eigenvalue weighted by molar-refractivity contribution is 7.98. The summed E-state index contributed by atoms with van der Waals surface area (Å²) in [6.07, 6.45) is 5.08. The number of hydrogen-bond donors (Lipinski definition) is 0. The number of halogens is 1. The fraction of sp³-hybridized carbons (Fsp3) is 0.105. The minimum Gasteiger partial charge on any atom is -0.486 e. The minimum atomic E-state index is 0.286. The van der Waals surface area contributed by atoms with Crippen LogP contribution in [-0.4, -0.2) is 27.3 Å². The molecular formula is C19H15ClN4O3S. The van der Waals surface area contributed by atoms with Crippen LogP contribution in [0.25, 0.3) is 11.6 Å². The first-order valence-corrected chi connectivity index (χ1v) is 9.88. The van der Waals surface area contributed by atoms with Crippen LogP contribution in [0.2, 0.25) is 5.02 Å². The Bertz CT molecular complexity index is 1090. The smallest absolute Gasteiger partial charge is 0.221 e. The molecule has 0 atom stereocenters. The van der Waals surface area contributed by atoms with Crippen LogP contribution in [0.5, 0.6) is 5.75 Å². The van der Waals surface area contributed by atoms with Crippen LogP contribution in [0.1, 0.15) is 11.5 Å². The molecule has 0 N–H and O–H groups in total. The lowest BCUT2D eigenvalue weighted by Crippen LogP contribution is -1.95. The molecule has 9 heteroatoms. The Morgan fingerprint density at radius 1 is 1.21 bits per heavy atom. The zero-order chi connectivity index (χ0) is 19.3. The van der Waals surface area contributed by atoms with Gasteiger partial charge in [-0.05, 0) is 48.7 Å². The summed E-state index contributed by atoms with van der Waals surface area (Å²) in [5.41, 5.74) is 0. The van der Waals surface area contributed by atoms with Gasteiger partial charge in [0.2, 0.25) is 11.0 Å². The van der Waals surface area contributed by atoms with Crippen LogP contribution in [0, 0.1) is 0 Å². The molecule has 3 heterocycles. The summed E-state index contributed by atoms with van der Waals surface area (Å²) in [6.45, 7) is 0.286. The maximum Gasteiger partial charge on any atom is 0.221 e. The van der Waals surface area contributed by atoms with E-state index in [-0.39, 0.29) is 6.61 Å². The van der Waals surface area contributed by atoms with Crippen LogP contribution in [0.15, 0.2) is 73.9 Å². The normalized spacial score (nSPS) is 11.4. The Hall–Kier alpha value is -2.97. The van der Waals surface area contributed by atoms with E-state index >= 15 is 0 Å². The zero-order valence-electron chi connectivity index (χ0n) is 14.8. The molecule has 0 aliphatic carbocycles. The van der Waals surface area contributed by atoms with E-state index in [4.69, 9.17) is 25.2 Å². The highest BCUT2D eigenvalue weighted by Crippen LogP contribution is 2.23. The second-order valence-corrected chi connectivity index (χ2v) is 6.80. The summed E-state index contributed by atoms with van der Waals surface area (Å²) in [6, 6.07) is 14.4. The molecule has 3 aromatic heterocycles. The van der Waals surface area contributed by atoms with Gasteiger partial charge < -0.3 is 13.6 Å². The molecular weight excluding hydrogens is 400 g/mol. The topological polar surface area (TPSA) is 78.6 Å². The van der Waals surface area contributed by atoms with Crippen molar-refractivity contribution in [3.63, 3.8) is 0 Å².